The van der Waals surface area contributed by atoms with E-state index in [1.807, 2.05) is 42.7 Å². The van der Waals surface area contributed by atoms with Crippen LogP contribution in [0.25, 0.3) is 21.9 Å². The third-order valence-electron chi connectivity index (χ3n) is 3.56. The van der Waals surface area contributed by atoms with E-state index in [9.17, 15) is 4.39 Å². The molecule has 0 amide bonds. The van der Waals surface area contributed by atoms with E-state index in [0.717, 1.165) is 21.2 Å². The second-order valence-electron chi connectivity index (χ2n) is 4.71. The van der Waals surface area contributed by atoms with Gasteiger partial charge in [0.15, 0.2) is 0 Å². The monoisotopic (exact) mass is 314 g/mol. The molecule has 0 aromatic heterocycles. The van der Waals surface area contributed by atoms with Crippen LogP contribution in [0, 0.1) is 5.82 Å². The minimum Gasteiger partial charge on any atom is -0.206 e. The van der Waals surface area contributed by atoms with Gasteiger partial charge in [-0.05, 0) is 47.0 Å². The molecule has 0 aliphatic carbocycles. The third kappa shape index (κ3) is 2.68. The number of hydrogen-bond acceptors (Lipinski definition) is 2. The van der Waals surface area contributed by atoms with Gasteiger partial charge in [0, 0.05) is 15.4 Å². The van der Waals surface area contributed by atoms with Crippen molar-refractivity contribution in [2.75, 3.05) is 12.5 Å². The summed E-state index contributed by atoms with van der Waals surface area (Å²) in [6.45, 7) is 0. The molecule has 0 aliphatic rings. The molecule has 0 saturated heterocycles. The van der Waals surface area contributed by atoms with Gasteiger partial charge >= 0.3 is 0 Å². The topological polar surface area (TPSA) is 0 Å². The molecule has 106 valence electrons. The predicted molar refractivity (Wildman–Crippen MR) is 92.9 cm³/mol. The number of halogens is 1. The van der Waals surface area contributed by atoms with Crippen molar-refractivity contribution in [3.8, 4) is 11.1 Å². The minimum absolute atomic E-state index is 0.166. The Kier molecular flexibility index (Phi) is 4.22. The zero-order valence-electron chi connectivity index (χ0n) is 11.9. The number of hydrogen-bond donors (Lipinski definition) is 0. The maximum atomic E-state index is 14.5. The van der Waals surface area contributed by atoms with Gasteiger partial charge in [-0.1, -0.05) is 36.4 Å². The Bertz CT molecular complexity index is 796. The van der Waals surface area contributed by atoms with E-state index in [4.69, 9.17) is 0 Å². The van der Waals surface area contributed by atoms with E-state index in [0.29, 0.717) is 5.56 Å². The van der Waals surface area contributed by atoms with Crippen LogP contribution in [-0.4, -0.2) is 12.5 Å². The Labute approximate surface area is 132 Å². The average molecular weight is 314 g/mol. The van der Waals surface area contributed by atoms with Gasteiger partial charge in [-0.25, -0.2) is 4.39 Å². The molecule has 3 heteroatoms. The van der Waals surface area contributed by atoms with Gasteiger partial charge in [0.2, 0.25) is 0 Å². The summed E-state index contributed by atoms with van der Waals surface area (Å²) in [5.74, 6) is -0.166. The van der Waals surface area contributed by atoms with Gasteiger partial charge in [0.1, 0.15) is 5.82 Å². The fourth-order valence-electron chi connectivity index (χ4n) is 2.52. The summed E-state index contributed by atoms with van der Waals surface area (Å²) in [5, 5.41) is 2.03. The fourth-order valence-corrected chi connectivity index (χ4v) is 3.67. The molecule has 21 heavy (non-hydrogen) atoms. The summed E-state index contributed by atoms with van der Waals surface area (Å²) in [6, 6.07) is 17.6. The van der Waals surface area contributed by atoms with Crippen LogP contribution >= 0.6 is 23.5 Å². The molecule has 3 aromatic rings. The molecule has 0 aliphatic heterocycles. The Morgan fingerprint density at radius 3 is 2.43 bits per heavy atom. The fraction of sp³-hybridized carbons (Fsp3) is 0.111. The first-order valence-corrected chi connectivity index (χ1v) is 9.09. The van der Waals surface area contributed by atoms with Gasteiger partial charge in [-0.15, -0.1) is 23.5 Å². The zero-order chi connectivity index (χ0) is 14.8. The molecule has 0 N–H and O–H groups in total. The molecule has 0 nitrogen and oxygen atoms in total. The Morgan fingerprint density at radius 1 is 0.857 bits per heavy atom. The highest BCUT2D eigenvalue weighted by atomic mass is 32.2. The molecular formula is C18H15FS2. The number of rotatable bonds is 3. The maximum Gasteiger partial charge on any atom is 0.131 e. The number of fused-ring (bicyclic) bond motifs is 1. The normalized spacial score (nSPS) is 11.0. The smallest absolute Gasteiger partial charge is 0.131 e. The van der Waals surface area contributed by atoms with Crippen molar-refractivity contribution in [3.63, 3.8) is 0 Å². The standard InChI is InChI=1S/C18H15FS2/c1-20-13-8-9-15(17(11-13)21-2)18-14-6-4-3-5-12(14)7-10-16(18)19/h3-11H,1-2H3. The molecule has 0 saturated carbocycles. The van der Waals surface area contributed by atoms with Gasteiger partial charge in [0.25, 0.3) is 0 Å². The molecule has 0 radical (unpaired) electrons. The average Bonchev–Trinajstić information content (AvgIpc) is 2.54. The summed E-state index contributed by atoms with van der Waals surface area (Å²) in [6.07, 6.45) is 4.09. The van der Waals surface area contributed by atoms with Gasteiger partial charge in [0.05, 0.1) is 0 Å². The van der Waals surface area contributed by atoms with E-state index in [1.165, 1.54) is 4.90 Å². The molecule has 0 bridgehead atoms. The van der Waals surface area contributed by atoms with Crippen LogP contribution < -0.4 is 0 Å². The first-order chi connectivity index (χ1) is 10.2. The van der Waals surface area contributed by atoms with Crippen molar-refractivity contribution in [1.29, 1.82) is 0 Å². The van der Waals surface area contributed by atoms with E-state index in [1.54, 1.807) is 29.6 Å². The van der Waals surface area contributed by atoms with Crippen LogP contribution in [0.1, 0.15) is 0 Å². The summed E-state index contributed by atoms with van der Waals surface area (Å²) in [7, 11) is 0. The van der Waals surface area contributed by atoms with Gasteiger partial charge < -0.3 is 0 Å². The molecule has 0 spiro atoms. The quantitative estimate of drug-likeness (QED) is 0.536. The van der Waals surface area contributed by atoms with Crippen molar-refractivity contribution in [2.24, 2.45) is 0 Å². The second kappa shape index (κ2) is 6.12. The molecule has 3 aromatic carbocycles. The van der Waals surface area contributed by atoms with Crippen LogP contribution in [0.2, 0.25) is 0 Å². The van der Waals surface area contributed by atoms with Crippen LogP contribution in [0.15, 0.2) is 64.4 Å². The highest BCUT2D eigenvalue weighted by molar-refractivity contribution is 7.99. The van der Waals surface area contributed by atoms with Crippen LogP contribution in [0.3, 0.4) is 0 Å². The van der Waals surface area contributed by atoms with Crippen molar-refractivity contribution in [3.05, 3.63) is 60.4 Å². The highest BCUT2D eigenvalue weighted by Crippen LogP contribution is 2.38. The third-order valence-corrected chi connectivity index (χ3v) is 5.06. The predicted octanol–water partition coefficient (Wildman–Crippen LogP) is 6.09. The number of benzene rings is 3. The molecule has 0 heterocycles. The molecular weight excluding hydrogens is 299 g/mol. The first kappa shape index (κ1) is 14.5. The Balaban J connectivity index is 2.32. The van der Waals surface area contributed by atoms with E-state index < -0.39 is 0 Å². The molecule has 0 atom stereocenters. The lowest BCUT2D eigenvalue weighted by atomic mass is 9.97. The lowest BCUT2D eigenvalue weighted by Gasteiger charge is -2.13. The highest BCUT2D eigenvalue weighted by Gasteiger charge is 2.13. The SMILES string of the molecule is CSc1ccc(-c2c(F)ccc3ccccc23)c(SC)c1. The van der Waals surface area contributed by atoms with Crippen LogP contribution in [0.4, 0.5) is 4.39 Å². The first-order valence-electron chi connectivity index (χ1n) is 6.64. The summed E-state index contributed by atoms with van der Waals surface area (Å²) in [5.41, 5.74) is 1.67. The van der Waals surface area contributed by atoms with E-state index in [2.05, 4.69) is 18.4 Å². The van der Waals surface area contributed by atoms with Crippen LogP contribution in [0.5, 0.6) is 0 Å². The Hall–Kier alpha value is -1.45. The van der Waals surface area contributed by atoms with Crippen molar-refractivity contribution in [1.82, 2.24) is 0 Å². The van der Waals surface area contributed by atoms with Crippen molar-refractivity contribution < 1.29 is 4.39 Å². The zero-order valence-corrected chi connectivity index (χ0v) is 13.5. The van der Waals surface area contributed by atoms with Crippen molar-refractivity contribution >= 4 is 34.3 Å². The summed E-state index contributed by atoms with van der Waals surface area (Å²) >= 11 is 3.36. The Morgan fingerprint density at radius 2 is 1.67 bits per heavy atom. The molecule has 0 unspecified atom stereocenters. The van der Waals surface area contributed by atoms with Gasteiger partial charge in [-0.2, -0.15) is 0 Å². The molecule has 3 rings (SSSR count). The lowest BCUT2D eigenvalue weighted by molar-refractivity contribution is 0.632. The van der Waals surface area contributed by atoms with Gasteiger partial charge in [-0.3, -0.25) is 0 Å². The second-order valence-corrected chi connectivity index (χ2v) is 6.44. The van der Waals surface area contributed by atoms with E-state index in [-0.39, 0.29) is 5.82 Å². The number of thioether (sulfide) groups is 2. The molecule has 0 fully saturated rings. The summed E-state index contributed by atoms with van der Waals surface area (Å²) < 4.78 is 14.5. The minimum atomic E-state index is -0.166. The van der Waals surface area contributed by atoms with Crippen molar-refractivity contribution in [2.45, 2.75) is 9.79 Å². The van der Waals surface area contributed by atoms with E-state index >= 15 is 0 Å². The maximum absolute atomic E-state index is 14.5. The van der Waals surface area contributed by atoms with Crippen LogP contribution in [-0.2, 0) is 0 Å². The summed E-state index contributed by atoms with van der Waals surface area (Å²) in [4.78, 5) is 2.31. The largest absolute Gasteiger partial charge is 0.206 e. The lowest BCUT2D eigenvalue weighted by Crippen LogP contribution is -1.90.